The van der Waals surface area contributed by atoms with Gasteiger partial charge < -0.3 is 15.5 Å². The number of amides is 1. The van der Waals surface area contributed by atoms with Crippen LogP contribution in [0.2, 0.25) is 0 Å². The molecule has 1 amide bonds. The Morgan fingerprint density at radius 3 is 2.35 bits per heavy atom. The molecule has 1 aromatic carbocycles. The van der Waals surface area contributed by atoms with Gasteiger partial charge in [-0.05, 0) is 64.2 Å². The third kappa shape index (κ3) is 6.72. The summed E-state index contributed by atoms with van der Waals surface area (Å²) < 4.78 is 29.8. The van der Waals surface area contributed by atoms with Gasteiger partial charge >= 0.3 is 6.09 Å². The van der Waals surface area contributed by atoms with E-state index in [9.17, 15) is 18.3 Å². The van der Waals surface area contributed by atoms with Crippen molar-refractivity contribution in [1.82, 2.24) is 20.0 Å². The lowest BCUT2D eigenvalue weighted by molar-refractivity contribution is 0.185. The number of pyridine rings is 1. The molecule has 37 heavy (non-hydrogen) atoms. The van der Waals surface area contributed by atoms with E-state index in [1.165, 1.54) is 11.3 Å². The number of hydrogen-bond donors (Lipinski definition) is 4. The van der Waals surface area contributed by atoms with Crippen molar-refractivity contribution < 1.29 is 23.4 Å². The summed E-state index contributed by atoms with van der Waals surface area (Å²) in [6, 6.07) is 8.80. The van der Waals surface area contributed by atoms with Crippen LogP contribution in [0.15, 0.2) is 47.6 Å². The molecular weight excluding hydrogens is 512 g/mol. The van der Waals surface area contributed by atoms with Crippen LogP contribution < -0.4 is 10.0 Å². The van der Waals surface area contributed by atoms with E-state index in [-0.39, 0.29) is 23.5 Å². The number of carboxylic acid groups (broad SMARTS) is 1. The van der Waals surface area contributed by atoms with E-state index in [0.717, 1.165) is 41.1 Å². The molecule has 4 rings (SSSR count). The Balaban J connectivity index is 1.68. The molecule has 11 heteroatoms. The molecule has 0 radical (unpaired) electrons. The fraction of sp³-hybridized carbons (Fsp3) is 0.423. The lowest BCUT2D eigenvalue weighted by atomic mass is 9.86. The average Bonchev–Trinajstić information content (AvgIpc) is 3.32. The summed E-state index contributed by atoms with van der Waals surface area (Å²) in [5.41, 5.74) is 1.88. The molecule has 1 aliphatic rings. The van der Waals surface area contributed by atoms with Crippen LogP contribution in [-0.4, -0.2) is 46.3 Å². The van der Waals surface area contributed by atoms with Gasteiger partial charge in [0, 0.05) is 41.0 Å². The second-order valence-electron chi connectivity index (χ2n) is 10.3. The number of aliphatic hydroxyl groups excluding tert-OH is 1. The molecule has 0 aliphatic heterocycles. The first kappa shape index (κ1) is 27.2. The van der Waals surface area contributed by atoms with Gasteiger partial charge in [-0.15, -0.1) is 11.3 Å². The van der Waals surface area contributed by atoms with Crippen LogP contribution in [0.4, 0.5) is 4.79 Å². The average molecular weight is 545 g/mol. The molecule has 198 valence electrons. The number of aliphatic hydroxyl groups is 1. The molecule has 2 aromatic heterocycles. The minimum Gasteiger partial charge on any atom is -0.465 e. The van der Waals surface area contributed by atoms with Crippen molar-refractivity contribution in [3.05, 3.63) is 53.4 Å². The first-order valence-electron chi connectivity index (χ1n) is 12.1. The second kappa shape index (κ2) is 10.9. The highest BCUT2D eigenvalue weighted by Gasteiger charge is 2.28. The Kier molecular flexibility index (Phi) is 7.98. The molecule has 0 atom stereocenters. The van der Waals surface area contributed by atoms with Crippen LogP contribution in [0, 0.1) is 0 Å². The number of hydrogen-bond acceptors (Lipinski definition) is 7. The van der Waals surface area contributed by atoms with Crippen LogP contribution in [0.5, 0.6) is 0 Å². The molecule has 1 fully saturated rings. The fourth-order valence-electron chi connectivity index (χ4n) is 4.53. The Bertz CT molecular complexity index is 1360. The van der Waals surface area contributed by atoms with Gasteiger partial charge in [-0.1, -0.05) is 18.2 Å². The zero-order valence-electron chi connectivity index (χ0n) is 21.1. The number of benzene rings is 1. The fourth-order valence-corrected chi connectivity index (χ4v) is 7.39. The molecule has 0 unspecified atom stereocenters. The number of thiazole rings is 1. The van der Waals surface area contributed by atoms with Gasteiger partial charge in [0.1, 0.15) is 0 Å². The molecule has 2 heterocycles. The summed E-state index contributed by atoms with van der Waals surface area (Å²) in [5, 5.41) is 21.7. The van der Waals surface area contributed by atoms with Crippen LogP contribution in [0.1, 0.15) is 63.1 Å². The van der Waals surface area contributed by atoms with E-state index in [0.29, 0.717) is 16.8 Å². The van der Waals surface area contributed by atoms with Crippen molar-refractivity contribution in [2.45, 2.75) is 75.5 Å². The van der Waals surface area contributed by atoms with Crippen molar-refractivity contribution in [3.63, 3.8) is 0 Å². The summed E-state index contributed by atoms with van der Waals surface area (Å²) in [6.45, 7) is 5.23. The second-order valence-corrected chi connectivity index (χ2v) is 13.0. The zero-order valence-corrected chi connectivity index (χ0v) is 22.7. The van der Waals surface area contributed by atoms with Crippen molar-refractivity contribution in [2.24, 2.45) is 0 Å². The third-order valence-corrected chi connectivity index (χ3v) is 9.22. The SMILES string of the molecule is CC(C)(C)NS(=O)(=O)c1cc(-c2ccc(CO)nc2)ccc1-c1cnc([C@H]2CC[C@H](NC(=O)O)CC2)s1. The molecule has 3 aromatic rings. The van der Waals surface area contributed by atoms with E-state index in [2.05, 4.69) is 20.0 Å². The van der Waals surface area contributed by atoms with E-state index < -0.39 is 21.7 Å². The maximum absolute atomic E-state index is 13.5. The highest BCUT2D eigenvalue weighted by atomic mass is 32.2. The highest BCUT2D eigenvalue weighted by molar-refractivity contribution is 7.89. The Labute approximate surface area is 221 Å². The van der Waals surface area contributed by atoms with E-state index in [4.69, 9.17) is 5.11 Å². The number of carbonyl (C=O) groups is 1. The smallest absolute Gasteiger partial charge is 0.404 e. The van der Waals surface area contributed by atoms with Gasteiger partial charge in [-0.2, -0.15) is 0 Å². The summed E-state index contributed by atoms with van der Waals surface area (Å²) >= 11 is 1.48. The largest absolute Gasteiger partial charge is 0.465 e. The Morgan fingerprint density at radius 1 is 1.05 bits per heavy atom. The topological polar surface area (TPSA) is 142 Å². The molecule has 0 saturated heterocycles. The Hall–Kier alpha value is -2.86. The summed E-state index contributed by atoms with van der Waals surface area (Å²) in [5.74, 6) is 0.216. The van der Waals surface area contributed by atoms with Crippen LogP contribution in [0.3, 0.4) is 0 Å². The normalized spacial score (nSPS) is 18.5. The third-order valence-electron chi connectivity index (χ3n) is 6.22. The van der Waals surface area contributed by atoms with Gasteiger partial charge in [0.25, 0.3) is 0 Å². The molecule has 4 N–H and O–H groups in total. The van der Waals surface area contributed by atoms with Crippen LogP contribution in [0.25, 0.3) is 21.6 Å². The first-order chi connectivity index (χ1) is 17.4. The highest BCUT2D eigenvalue weighted by Crippen LogP contribution is 2.40. The van der Waals surface area contributed by atoms with E-state index >= 15 is 0 Å². The number of nitrogens with one attached hydrogen (secondary N) is 2. The Morgan fingerprint density at radius 2 is 1.76 bits per heavy atom. The number of sulfonamides is 1. The number of nitrogens with zero attached hydrogens (tertiary/aromatic N) is 2. The number of aromatic nitrogens is 2. The molecule has 0 bridgehead atoms. The minimum atomic E-state index is -3.87. The van der Waals surface area contributed by atoms with Crippen molar-refractivity contribution in [3.8, 4) is 21.6 Å². The summed E-state index contributed by atoms with van der Waals surface area (Å²) in [6.07, 6.45) is 5.49. The maximum Gasteiger partial charge on any atom is 0.404 e. The minimum absolute atomic E-state index is 0.0399. The molecule has 1 saturated carbocycles. The predicted molar refractivity (Wildman–Crippen MR) is 143 cm³/mol. The summed E-state index contributed by atoms with van der Waals surface area (Å²) in [4.78, 5) is 20.7. The van der Waals surface area contributed by atoms with Gasteiger partial charge in [-0.25, -0.2) is 22.9 Å². The molecular formula is C26H32N4O5S2. The van der Waals surface area contributed by atoms with E-state index in [1.54, 1.807) is 51.4 Å². The molecule has 0 spiro atoms. The van der Waals surface area contributed by atoms with Crippen molar-refractivity contribution >= 4 is 27.5 Å². The van der Waals surface area contributed by atoms with Crippen LogP contribution >= 0.6 is 11.3 Å². The zero-order chi connectivity index (χ0) is 26.8. The molecule has 1 aliphatic carbocycles. The predicted octanol–water partition coefficient (Wildman–Crippen LogP) is 4.74. The van der Waals surface area contributed by atoms with E-state index in [1.807, 2.05) is 12.1 Å². The van der Waals surface area contributed by atoms with Gasteiger partial charge in [0.05, 0.1) is 27.1 Å². The summed E-state index contributed by atoms with van der Waals surface area (Å²) in [7, 11) is -3.87. The van der Waals surface area contributed by atoms with Crippen molar-refractivity contribution in [1.29, 1.82) is 0 Å². The standard InChI is InChI=1S/C26H32N4O5S2/c1-26(2,3)30-37(34,35)23-12-17(18-6-10-20(15-31)27-13-18)7-11-21(23)22-14-28-24(36-22)16-4-8-19(9-5-16)29-25(32)33/h6-7,10-14,16,19,29-31H,4-5,8-9,15H2,1-3H3,(H,32,33)/t16-,19-. The van der Waals surface area contributed by atoms with Crippen molar-refractivity contribution in [2.75, 3.05) is 0 Å². The lowest BCUT2D eigenvalue weighted by Crippen LogP contribution is -2.40. The number of rotatable bonds is 7. The quantitative estimate of drug-likeness (QED) is 0.337. The first-order valence-corrected chi connectivity index (χ1v) is 14.4. The molecule has 9 nitrogen and oxygen atoms in total. The van der Waals surface area contributed by atoms with Gasteiger partial charge in [0.15, 0.2) is 0 Å². The monoisotopic (exact) mass is 544 g/mol. The van der Waals surface area contributed by atoms with Gasteiger partial charge in [0.2, 0.25) is 10.0 Å². The van der Waals surface area contributed by atoms with Crippen LogP contribution in [-0.2, 0) is 16.6 Å². The van der Waals surface area contributed by atoms with Gasteiger partial charge in [-0.3, -0.25) is 4.98 Å². The maximum atomic E-state index is 13.5. The lowest BCUT2D eigenvalue weighted by Gasteiger charge is -2.27.